The topological polar surface area (TPSA) is 55.5 Å². The summed E-state index contributed by atoms with van der Waals surface area (Å²) in [5.74, 6) is 0. The lowest BCUT2D eigenvalue weighted by atomic mass is 10.1. The summed E-state index contributed by atoms with van der Waals surface area (Å²) < 4.78 is 4.54. The zero-order chi connectivity index (χ0) is 7.44. The molecule has 0 amide bonds. The van der Waals surface area contributed by atoms with E-state index in [2.05, 4.69) is 11.3 Å². The molecule has 0 bridgehead atoms. The summed E-state index contributed by atoms with van der Waals surface area (Å²) in [7, 11) is 1.40. The van der Waals surface area contributed by atoms with Gasteiger partial charge in [-0.05, 0) is 6.92 Å². The number of nitrogens with two attached hydrogens (primary N) is 1. The van der Waals surface area contributed by atoms with Crippen LogP contribution in [0.3, 0.4) is 0 Å². The highest BCUT2D eigenvalue weighted by atomic mass is 16.6. The molecule has 0 aliphatic rings. The Morgan fingerprint density at radius 2 is 2.22 bits per heavy atom. The molecule has 0 heterocycles. The van der Waals surface area contributed by atoms with Gasteiger partial charge >= 0.3 is 0 Å². The maximum Gasteiger partial charge on any atom is 0.173 e. The van der Waals surface area contributed by atoms with Crippen LogP contribution >= 0.6 is 0 Å². The van der Waals surface area contributed by atoms with E-state index in [1.54, 1.807) is 6.92 Å². The van der Waals surface area contributed by atoms with Gasteiger partial charge in [0.15, 0.2) is 6.29 Å². The average Bonchev–Trinajstić information content (AvgIpc) is 1.84. The predicted octanol–water partition coefficient (Wildman–Crippen LogP) is -0.145. The lowest BCUT2D eigenvalue weighted by molar-refractivity contribution is -0.0821. The number of rotatable bonds is 3. The molecule has 0 aromatic carbocycles. The van der Waals surface area contributed by atoms with Gasteiger partial charge in [0, 0.05) is 7.11 Å². The smallest absolute Gasteiger partial charge is 0.173 e. The number of aliphatic hydroxyl groups excluding tert-OH is 1. The Bertz CT molecular complexity index is 103. The largest absolute Gasteiger partial charge is 0.366 e. The Balaban J connectivity index is 3.72. The molecule has 0 saturated heterocycles. The number of ether oxygens (including phenoxy) is 1. The van der Waals surface area contributed by atoms with Crippen molar-refractivity contribution in [2.45, 2.75) is 19.3 Å². The average molecular weight is 131 g/mol. The molecule has 0 saturated carbocycles. The highest BCUT2D eigenvalue weighted by Crippen LogP contribution is 1.99. The van der Waals surface area contributed by atoms with Crippen molar-refractivity contribution in [3.05, 3.63) is 12.2 Å². The molecule has 0 aromatic heterocycles. The minimum absolute atomic E-state index is 0.477. The van der Waals surface area contributed by atoms with E-state index in [0.29, 0.717) is 5.57 Å². The van der Waals surface area contributed by atoms with E-state index in [9.17, 15) is 0 Å². The van der Waals surface area contributed by atoms with E-state index in [4.69, 9.17) is 10.8 Å². The van der Waals surface area contributed by atoms with Crippen LogP contribution in [-0.2, 0) is 4.74 Å². The maximum absolute atomic E-state index is 8.89. The van der Waals surface area contributed by atoms with E-state index in [1.165, 1.54) is 7.11 Å². The van der Waals surface area contributed by atoms with Gasteiger partial charge in [-0.1, -0.05) is 12.2 Å². The standard InChI is InChI=1S/C6H13NO2/c1-4(2)5(7)6(8)9-3/h5-6,8H,1,7H2,2-3H3. The first-order chi connectivity index (χ1) is 4.09. The van der Waals surface area contributed by atoms with Gasteiger partial charge < -0.3 is 15.6 Å². The first-order valence-corrected chi connectivity index (χ1v) is 2.71. The lowest BCUT2D eigenvalue weighted by Gasteiger charge is -2.16. The molecule has 0 radical (unpaired) electrons. The summed E-state index contributed by atoms with van der Waals surface area (Å²) in [6.45, 7) is 5.30. The van der Waals surface area contributed by atoms with Crippen molar-refractivity contribution in [3.63, 3.8) is 0 Å². The van der Waals surface area contributed by atoms with Gasteiger partial charge in [0.2, 0.25) is 0 Å². The fraction of sp³-hybridized carbons (Fsp3) is 0.667. The van der Waals surface area contributed by atoms with Gasteiger partial charge in [-0.2, -0.15) is 0 Å². The Kier molecular flexibility index (Phi) is 3.46. The molecule has 0 rings (SSSR count). The molecule has 3 N–H and O–H groups in total. The van der Waals surface area contributed by atoms with Crippen molar-refractivity contribution >= 4 is 0 Å². The third-order valence-electron chi connectivity index (χ3n) is 1.12. The molecule has 2 atom stereocenters. The second-order valence-corrected chi connectivity index (χ2v) is 2.00. The Labute approximate surface area is 55.1 Å². The highest BCUT2D eigenvalue weighted by Gasteiger charge is 2.12. The molecule has 2 unspecified atom stereocenters. The van der Waals surface area contributed by atoms with Crippen LogP contribution in [0.15, 0.2) is 12.2 Å². The van der Waals surface area contributed by atoms with E-state index >= 15 is 0 Å². The van der Waals surface area contributed by atoms with Crippen LogP contribution in [0.5, 0.6) is 0 Å². The normalized spacial score (nSPS) is 16.9. The van der Waals surface area contributed by atoms with E-state index in [-0.39, 0.29) is 0 Å². The van der Waals surface area contributed by atoms with Crippen molar-refractivity contribution in [2.24, 2.45) is 5.73 Å². The predicted molar refractivity (Wildman–Crippen MR) is 35.8 cm³/mol. The molecule has 3 nitrogen and oxygen atoms in total. The van der Waals surface area contributed by atoms with Crippen LogP contribution in [-0.4, -0.2) is 24.5 Å². The number of hydrogen-bond acceptors (Lipinski definition) is 3. The lowest BCUT2D eigenvalue weighted by Crippen LogP contribution is -2.36. The summed E-state index contributed by atoms with van der Waals surface area (Å²) in [6, 6.07) is -0.477. The second-order valence-electron chi connectivity index (χ2n) is 2.00. The van der Waals surface area contributed by atoms with Crippen LogP contribution in [0.25, 0.3) is 0 Å². The Hall–Kier alpha value is -0.380. The molecule has 0 aliphatic heterocycles. The van der Waals surface area contributed by atoms with Gasteiger partial charge in [0.25, 0.3) is 0 Å². The number of aliphatic hydroxyl groups is 1. The molecule has 0 aliphatic carbocycles. The third kappa shape index (κ3) is 2.60. The molecule has 54 valence electrons. The highest BCUT2D eigenvalue weighted by molar-refractivity contribution is 5.00. The van der Waals surface area contributed by atoms with Gasteiger partial charge in [-0.3, -0.25) is 0 Å². The Morgan fingerprint density at radius 3 is 2.33 bits per heavy atom. The summed E-state index contributed by atoms with van der Waals surface area (Å²) in [5, 5.41) is 8.89. The summed E-state index contributed by atoms with van der Waals surface area (Å²) >= 11 is 0. The van der Waals surface area contributed by atoms with Gasteiger partial charge in [0.1, 0.15) is 0 Å². The monoisotopic (exact) mass is 131 g/mol. The molecule has 0 fully saturated rings. The van der Waals surface area contributed by atoms with Crippen molar-refractivity contribution in [1.29, 1.82) is 0 Å². The summed E-state index contributed by atoms with van der Waals surface area (Å²) in [5.41, 5.74) is 6.11. The quantitative estimate of drug-likeness (QED) is 0.414. The van der Waals surface area contributed by atoms with Crippen molar-refractivity contribution in [3.8, 4) is 0 Å². The summed E-state index contributed by atoms with van der Waals surface area (Å²) in [6.07, 6.45) is -0.928. The molecule has 9 heavy (non-hydrogen) atoms. The first kappa shape index (κ1) is 8.62. The van der Waals surface area contributed by atoms with Gasteiger partial charge in [0.05, 0.1) is 6.04 Å². The zero-order valence-electron chi connectivity index (χ0n) is 5.79. The van der Waals surface area contributed by atoms with E-state index < -0.39 is 12.3 Å². The third-order valence-corrected chi connectivity index (χ3v) is 1.12. The first-order valence-electron chi connectivity index (χ1n) is 2.71. The van der Waals surface area contributed by atoms with Crippen LogP contribution in [0.1, 0.15) is 6.92 Å². The SMILES string of the molecule is C=C(C)C(N)C(O)OC. The number of hydrogen-bond donors (Lipinski definition) is 2. The Morgan fingerprint density at radius 1 is 1.78 bits per heavy atom. The zero-order valence-corrected chi connectivity index (χ0v) is 5.79. The molecular weight excluding hydrogens is 118 g/mol. The number of methoxy groups -OCH3 is 1. The van der Waals surface area contributed by atoms with Crippen LogP contribution in [0.4, 0.5) is 0 Å². The van der Waals surface area contributed by atoms with Crippen molar-refractivity contribution < 1.29 is 9.84 Å². The minimum atomic E-state index is -0.928. The fourth-order valence-electron chi connectivity index (χ4n) is 0.390. The van der Waals surface area contributed by atoms with Gasteiger partial charge in [-0.15, -0.1) is 0 Å². The van der Waals surface area contributed by atoms with Gasteiger partial charge in [-0.25, -0.2) is 0 Å². The molecular formula is C6H13NO2. The fourth-order valence-corrected chi connectivity index (χ4v) is 0.390. The minimum Gasteiger partial charge on any atom is -0.366 e. The van der Waals surface area contributed by atoms with E-state index in [0.717, 1.165) is 0 Å². The maximum atomic E-state index is 8.89. The van der Waals surface area contributed by atoms with E-state index in [1.807, 2.05) is 0 Å². The van der Waals surface area contributed by atoms with Crippen LogP contribution in [0, 0.1) is 0 Å². The van der Waals surface area contributed by atoms with Crippen LogP contribution < -0.4 is 5.73 Å². The van der Waals surface area contributed by atoms with Crippen LogP contribution in [0.2, 0.25) is 0 Å². The van der Waals surface area contributed by atoms with Crippen molar-refractivity contribution in [1.82, 2.24) is 0 Å². The molecule has 0 aromatic rings. The molecule has 3 heteroatoms. The summed E-state index contributed by atoms with van der Waals surface area (Å²) in [4.78, 5) is 0. The van der Waals surface area contributed by atoms with Crippen molar-refractivity contribution in [2.75, 3.05) is 7.11 Å². The second kappa shape index (κ2) is 3.61. The molecule has 0 spiro atoms.